The van der Waals surface area contributed by atoms with E-state index >= 15 is 0 Å². The Morgan fingerprint density at radius 1 is 0.895 bits per heavy atom. The molecule has 0 unspecified atom stereocenters. The van der Waals surface area contributed by atoms with Gasteiger partial charge in [0.25, 0.3) is 0 Å². The largest absolute Gasteiger partial charge is 0.253 e. The zero-order valence-corrected chi connectivity index (χ0v) is 12.3. The SMILES string of the molecule is CC1(C)CB(c2ccc3nccnc3c2)CC1(C)C. The van der Waals surface area contributed by atoms with Crippen LogP contribution in [0.4, 0.5) is 0 Å². The summed E-state index contributed by atoms with van der Waals surface area (Å²) in [6, 6.07) is 6.57. The van der Waals surface area contributed by atoms with E-state index in [1.54, 1.807) is 12.4 Å². The van der Waals surface area contributed by atoms with Gasteiger partial charge >= 0.3 is 0 Å². The molecule has 3 heteroatoms. The third-order valence-corrected chi connectivity index (χ3v) is 5.31. The summed E-state index contributed by atoms with van der Waals surface area (Å²) < 4.78 is 0. The van der Waals surface area contributed by atoms with E-state index in [-0.39, 0.29) is 0 Å². The molecule has 1 aromatic carbocycles. The topological polar surface area (TPSA) is 25.8 Å². The van der Waals surface area contributed by atoms with E-state index in [1.807, 2.05) is 0 Å². The fourth-order valence-corrected chi connectivity index (χ4v) is 3.33. The summed E-state index contributed by atoms with van der Waals surface area (Å²) in [6.07, 6.45) is 6.04. The van der Waals surface area contributed by atoms with Gasteiger partial charge in [0.1, 0.15) is 0 Å². The Bertz CT molecular complexity index is 603. The lowest BCUT2D eigenvalue weighted by atomic mass is 9.42. The van der Waals surface area contributed by atoms with Crippen LogP contribution in [0.1, 0.15) is 27.7 Å². The van der Waals surface area contributed by atoms with Crippen LogP contribution in [0.3, 0.4) is 0 Å². The van der Waals surface area contributed by atoms with Gasteiger partial charge in [-0.2, -0.15) is 0 Å². The van der Waals surface area contributed by atoms with Crippen molar-refractivity contribution in [3.63, 3.8) is 0 Å². The van der Waals surface area contributed by atoms with Crippen molar-refractivity contribution < 1.29 is 0 Å². The van der Waals surface area contributed by atoms with Gasteiger partial charge in [-0.3, -0.25) is 9.97 Å². The summed E-state index contributed by atoms with van der Waals surface area (Å²) in [6.45, 7) is 10.2. The molecule has 0 radical (unpaired) electrons. The molecule has 2 aromatic rings. The van der Waals surface area contributed by atoms with Crippen molar-refractivity contribution in [3.05, 3.63) is 30.6 Å². The van der Waals surface area contributed by atoms with Crippen LogP contribution in [0.25, 0.3) is 11.0 Å². The molecule has 0 aliphatic carbocycles. The quantitative estimate of drug-likeness (QED) is 0.727. The second-order valence-electron chi connectivity index (χ2n) is 7.18. The third kappa shape index (κ3) is 2.05. The van der Waals surface area contributed by atoms with Crippen molar-refractivity contribution >= 4 is 23.2 Å². The lowest BCUT2D eigenvalue weighted by molar-refractivity contribution is 0.177. The first-order valence-corrected chi connectivity index (χ1v) is 7.10. The predicted octanol–water partition coefficient (Wildman–Crippen LogP) is 3.40. The smallest absolute Gasteiger partial charge is 0.177 e. The molecule has 2 heterocycles. The van der Waals surface area contributed by atoms with Crippen molar-refractivity contribution in [2.75, 3.05) is 0 Å². The highest BCUT2D eigenvalue weighted by Gasteiger charge is 2.47. The average Bonchev–Trinajstić information content (AvgIpc) is 2.58. The molecule has 19 heavy (non-hydrogen) atoms. The molecule has 0 atom stereocenters. The molecule has 1 saturated heterocycles. The Labute approximate surface area is 115 Å². The van der Waals surface area contributed by atoms with Crippen molar-refractivity contribution in [2.45, 2.75) is 40.3 Å². The molecule has 1 aliphatic heterocycles. The van der Waals surface area contributed by atoms with Crippen LogP contribution in [0.5, 0.6) is 0 Å². The van der Waals surface area contributed by atoms with Gasteiger partial charge in [0.05, 0.1) is 11.0 Å². The lowest BCUT2D eigenvalue weighted by Gasteiger charge is -2.35. The minimum Gasteiger partial charge on any atom is -0.253 e. The zero-order chi connectivity index (χ0) is 13.7. The van der Waals surface area contributed by atoms with Crippen LogP contribution in [-0.4, -0.2) is 16.7 Å². The monoisotopic (exact) mass is 252 g/mol. The van der Waals surface area contributed by atoms with E-state index in [4.69, 9.17) is 0 Å². The molecule has 0 spiro atoms. The second kappa shape index (κ2) is 4.06. The lowest BCUT2D eigenvalue weighted by Crippen LogP contribution is -2.27. The normalized spacial score (nSPS) is 20.9. The first-order chi connectivity index (χ1) is 8.89. The molecule has 0 saturated carbocycles. The van der Waals surface area contributed by atoms with Gasteiger partial charge in [-0.1, -0.05) is 51.9 Å². The van der Waals surface area contributed by atoms with Gasteiger partial charge < -0.3 is 0 Å². The van der Waals surface area contributed by atoms with Crippen molar-refractivity contribution in [2.24, 2.45) is 10.8 Å². The molecule has 2 nitrogen and oxygen atoms in total. The molecule has 0 amide bonds. The van der Waals surface area contributed by atoms with E-state index in [2.05, 4.69) is 55.9 Å². The first-order valence-electron chi connectivity index (χ1n) is 7.10. The Morgan fingerprint density at radius 3 is 2.11 bits per heavy atom. The third-order valence-electron chi connectivity index (χ3n) is 5.31. The summed E-state index contributed by atoms with van der Waals surface area (Å²) in [5.41, 5.74) is 4.22. The van der Waals surface area contributed by atoms with Crippen molar-refractivity contribution in [3.8, 4) is 0 Å². The van der Waals surface area contributed by atoms with E-state index in [1.165, 1.54) is 18.1 Å². The summed E-state index contributed by atoms with van der Waals surface area (Å²) in [7, 11) is 0. The fourth-order valence-electron chi connectivity index (χ4n) is 3.33. The Balaban J connectivity index is 1.98. The number of nitrogens with zero attached hydrogens (tertiary/aromatic N) is 2. The summed E-state index contributed by atoms with van der Waals surface area (Å²) in [5.74, 6) is 0. The van der Waals surface area contributed by atoms with Gasteiger partial charge in [-0.05, 0) is 23.0 Å². The zero-order valence-electron chi connectivity index (χ0n) is 12.3. The van der Waals surface area contributed by atoms with Crippen LogP contribution >= 0.6 is 0 Å². The molecular weight excluding hydrogens is 231 g/mol. The summed E-state index contributed by atoms with van der Waals surface area (Å²) in [5, 5.41) is 0. The minimum atomic E-state index is 0.398. The maximum absolute atomic E-state index is 4.42. The van der Waals surface area contributed by atoms with Crippen molar-refractivity contribution in [1.29, 1.82) is 0 Å². The number of fused-ring (bicyclic) bond motifs is 1. The Morgan fingerprint density at radius 2 is 1.47 bits per heavy atom. The van der Waals surface area contributed by atoms with Crippen LogP contribution in [-0.2, 0) is 0 Å². The molecule has 1 fully saturated rings. The van der Waals surface area contributed by atoms with E-state index in [0.717, 1.165) is 11.0 Å². The van der Waals surface area contributed by atoms with E-state index in [9.17, 15) is 0 Å². The number of rotatable bonds is 1. The van der Waals surface area contributed by atoms with Crippen molar-refractivity contribution in [1.82, 2.24) is 9.97 Å². The van der Waals surface area contributed by atoms with E-state index < -0.39 is 0 Å². The maximum Gasteiger partial charge on any atom is 0.177 e. The number of aromatic nitrogens is 2. The van der Waals surface area contributed by atoms with Gasteiger partial charge in [-0.15, -0.1) is 0 Å². The first kappa shape index (κ1) is 12.6. The summed E-state index contributed by atoms with van der Waals surface area (Å²) in [4.78, 5) is 8.77. The van der Waals surface area contributed by atoms with Gasteiger partial charge in [-0.25, -0.2) is 0 Å². The highest BCUT2D eigenvalue weighted by Crippen LogP contribution is 2.52. The molecule has 0 bridgehead atoms. The maximum atomic E-state index is 4.42. The highest BCUT2D eigenvalue weighted by atomic mass is 14.8. The molecular formula is C16H21BN2. The van der Waals surface area contributed by atoms with Gasteiger partial charge in [0.2, 0.25) is 0 Å². The molecule has 1 aliphatic rings. The fraction of sp³-hybridized carbons (Fsp3) is 0.500. The van der Waals surface area contributed by atoms with E-state index in [0.29, 0.717) is 17.5 Å². The van der Waals surface area contributed by atoms with Crippen LogP contribution in [0, 0.1) is 10.8 Å². The predicted molar refractivity (Wildman–Crippen MR) is 82.1 cm³/mol. The number of hydrogen-bond donors (Lipinski definition) is 0. The molecule has 1 aromatic heterocycles. The molecule has 3 rings (SSSR count). The minimum absolute atomic E-state index is 0.398. The molecule has 98 valence electrons. The van der Waals surface area contributed by atoms with Gasteiger partial charge in [0.15, 0.2) is 6.71 Å². The molecule has 0 N–H and O–H groups in total. The Kier molecular flexibility index (Phi) is 2.70. The second-order valence-corrected chi connectivity index (χ2v) is 7.18. The van der Waals surface area contributed by atoms with Crippen LogP contribution in [0.15, 0.2) is 30.6 Å². The van der Waals surface area contributed by atoms with Crippen LogP contribution in [0.2, 0.25) is 12.6 Å². The Hall–Kier alpha value is -1.38. The van der Waals surface area contributed by atoms with Gasteiger partial charge in [0, 0.05) is 12.4 Å². The number of hydrogen-bond acceptors (Lipinski definition) is 2. The average molecular weight is 252 g/mol. The standard InChI is InChI=1S/C16H21BN2/c1-15(2)10-17(11-16(15,3)4)12-5-6-13-14(9-12)19-8-7-18-13/h5-9H,10-11H2,1-4H3. The highest BCUT2D eigenvalue weighted by molar-refractivity contribution is 6.74. The number of benzene rings is 1. The summed E-state index contributed by atoms with van der Waals surface area (Å²) >= 11 is 0. The van der Waals surface area contributed by atoms with Crippen LogP contribution < -0.4 is 5.46 Å².